The molecule has 4 heterocycles. The van der Waals surface area contributed by atoms with E-state index in [-0.39, 0.29) is 5.82 Å². The number of hydrogen-bond acceptors (Lipinski definition) is 5. The minimum Gasteiger partial charge on any atom is -0.381 e. The Morgan fingerprint density at radius 2 is 1.75 bits per heavy atom. The zero-order valence-corrected chi connectivity index (χ0v) is 19.0. The summed E-state index contributed by atoms with van der Waals surface area (Å²) in [4.78, 5) is 14.3. The van der Waals surface area contributed by atoms with Crippen molar-refractivity contribution >= 4 is 11.0 Å². The average molecular weight is 434 g/mol. The molecular formula is C25H28FN5O. The summed E-state index contributed by atoms with van der Waals surface area (Å²) < 4.78 is 21.9. The molecule has 0 N–H and O–H groups in total. The summed E-state index contributed by atoms with van der Waals surface area (Å²) in [5.74, 6) is 0.0341. The van der Waals surface area contributed by atoms with E-state index in [0.717, 1.165) is 54.2 Å². The smallest absolute Gasteiger partial charge is 0.132 e. The molecule has 1 aliphatic rings. The van der Waals surface area contributed by atoms with Crippen LogP contribution >= 0.6 is 0 Å². The van der Waals surface area contributed by atoms with E-state index in [0.29, 0.717) is 22.7 Å². The Balaban J connectivity index is 0.000000354. The Labute approximate surface area is 187 Å². The van der Waals surface area contributed by atoms with Crippen LogP contribution in [0.2, 0.25) is 0 Å². The van der Waals surface area contributed by atoms with Crippen molar-refractivity contribution in [2.24, 2.45) is 7.05 Å². The highest BCUT2D eigenvalue weighted by molar-refractivity contribution is 5.89. The third-order valence-corrected chi connectivity index (χ3v) is 5.74. The maximum atomic E-state index is 14.7. The van der Waals surface area contributed by atoms with Crippen LogP contribution in [0.5, 0.6) is 0 Å². The molecule has 7 heteroatoms. The molecule has 1 aliphatic heterocycles. The molecule has 1 fully saturated rings. The van der Waals surface area contributed by atoms with Crippen molar-refractivity contribution in [2.75, 3.05) is 13.2 Å². The number of aromatic nitrogens is 5. The number of halogens is 1. The summed E-state index contributed by atoms with van der Waals surface area (Å²) in [6.07, 6.45) is 5.49. The lowest BCUT2D eigenvalue weighted by Gasteiger charge is -2.22. The van der Waals surface area contributed by atoms with Crippen molar-refractivity contribution in [3.05, 3.63) is 71.2 Å². The molecule has 1 aromatic carbocycles. The van der Waals surface area contributed by atoms with Gasteiger partial charge in [-0.15, -0.1) is 0 Å². The molecule has 32 heavy (non-hydrogen) atoms. The molecule has 0 aliphatic carbocycles. The van der Waals surface area contributed by atoms with Gasteiger partial charge in [0.15, 0.2) is 0 Å². The van der Waals surface area contributed by atoms with Crippen LogP contribution in [0.25, 0.3) is 22.3 Å². The van der Waals surface area contributed by atoms with E-state index in [1.54, 1.807) is 23.0 Å². The molecule has 0 unspecified atom stereocenters. The first-order valence-electron chi connectivity index (χ1n) is 10.9. The SMILES string of the molecule is Cc1ccc(-c2nc(C3CCOCC3)cc3nc(C)c(C)nc23)c(F)c1.Cn1cccn1. The van der Waals surface area contributed by atoms with Gasteiger partial charge >= 0.3 is 0 Å². The standard InChI is InChI=1S/C21H22FN3O.C4H6N2/c1-12-4-5-16(17(22)10-12)20-21-19(23-13(2)14(3)24-21)11-18(25-20)15-6-8-26-9-7-15;1-6-4-2-3-5-6/h4-5,10-11,15H,6-9H2,1-3H3;2-4H,1H3. The van der Waals surface area contributed by atoms with Crippen LogP contribution in [0, 0.1) is 26.6 Å². The number of fused-ring (bicyclic) bond motifs is 1. The van der Waals surface area contributed by atoms with Gasteiger partial charge in [0, 0.05) is 49.8 Å². The molecule has 5 rings (SSSR count). The van der Waals surface area contributed by atoms with Crippen LogP contribution in [-0.4, -0.2) is 37.9 Å². The maximum Gasteiger partial charge on any atom is 0.132 e. The van der Waals surface area contributed by atoms with Crippen LogP contribution in [0.4, 0.5) is 4.39 Å². The van der Waals surface area contributed by atoms with Gasteiger partial charge in [0.25, 0.3) is 0 Å². The monoisotopic (exact) mass is 433 g/mol. The van der Waals surface area contributed by atoms with Crippen molar-refractivity contribution in [3.8, 4) is 11.3 Å². The summed E-state index contributed by atoms with van der Waals surface area (Å²) in [6, 6.07) is 9.14. The molecular weight excluding hydrogens is 405 g/mol. The topological polar surface area (TPSA) is 65.7 Å². The largest absolute Gasteiger partial charge is 0.381 e. The van der Waals surface area contributed by atoms with Crippen LogP contribution in [0.3, 0.4) is 0 Å². The van der Waals surface area contributed by atoms with Crippen molar-refractivity contribution in [2.45, 2.75) is 39.5 Å². The first kappa shape index (κ1) is 22.0. The number of pyridine rings is 1. The van der Waals surface area contributed by atoms with Gasteiger partial charge in [-0.2, -0.15) is 5.10 Å². The Morgan fingerprint density at radius 1 is 1.00 bits per heavy atom. The van der Waals surface area contributed by atoms with Crippen molar-refractivity contribution in [3.63, 3.8) is 0 Å². The fraction of sp³-hybridized carbons (Fsp3) is 0.360. The molecule has 1 saturated heterocycles. The highest BCUT2D eigenvalue weighted by Crippen LogP contribution is 2.33. The third-order valence-electron chi connectivity index (χ3n) is 5.74. The number of aryl methyl sites for hydroxylation is 4. The van der Waals surface area contributed by atoms with E-state index in [1.165, 1.54) is 0 Å². The highest BCUT2D eigenvalue weighted by atomic mass is 19.1. The Hall–Kier alpha value is -3.19. The van der Waals surface area contributed by atoms with Crippen LogP contribution in [0.15, 0.2) is 42.7 Å². The minimum absolute atomic E-state index is 0.275. The second-order valence-corrected chi connectivity index (χ2v) is 8.21. The minimum atomic E-state index is -0.275. The zero-order chi connectivity index (χ0) is 22.7. The van der Waals surface area contributed by atoms with Crippen LogP contribution in [-0.2, 0) is 11.8 Å². The predicted molar refractivity (Wildman–Crippen MR) is 123 cm³/mol. The fourth-order valence-corrected chi connectivity index (χ4v) is 3.80. The van der Waals surface area contributed by atoms with Gasteiger partial charge in [-0.1, -0.05) is 6.07 Å². The van der Waals surface area contributed by atoms with Gasteiger partial charge in [-0.05, 0) is 63.4 Å². The predicted octanol–water partition coefficient (Wildman–Crippen LogP) is 5.07. The summed E-state index contributed by atoms with van der Waals surface area (Å²) in [6.45, 7) is 7.21. The van der Waals surface area contributed by atoms with Crippen molar-refractivity contribution < 1.29 is 9.13 Å². The Kier molecular flexibility index (Phi) is 6.55. The third kappa shape index (κ3) is 4.83. The van der Waals surface area contributed by atoms with E-state index in [1.807, 2.05) is 52.2 Å². The lowest BCUT2D eigenvalue weighted by atomic mass is 9.94. The number of nitrogens with zero attached hydrogens (tertiary/aromatic N) is 5. The van der Waals surface area contributed by atoms with E-state index in [9.17, 15) is 4.39 Å². The molecule has 0 radical (unpaired) electrons. The van der Waals surface area contributed by atoms with Crippen LogP contribution in [0.1, 0.15) is 41.4 Å². The molecule has 0 spiro atoms. The van der Waals surface area contributed by atoms with E-state index >= 15 is 0 Å². The zero-order valence-electron chi connectivity index (χ0n) is 19.0. The summed E-state index contributed by atoms with van der Waals surface area (Å²) in [5.41, 5.74) is 6.06. The number of benzene rings is 1. The quantitative estimate of drug-likeness (QED) is 0.442. The van der Waals surface area contributed by atoms with E-state index < -0.39 is 0 Å². The normalized spacial score (nSPS) is 14.3. The van der Waals surface area contributed by atoms with Gasteiger partial charge in [0.2, 0.25) is 0 Å². The van der Waals surface area contributed by atoms with E-state index in [4.69, 9.17) is 14.7 Å². The average Bonchev–Trinajstić information content (AvgIpc) is 3.26. The molecule has 0 atom stereocenters. The first-order valence-corrected chi connectivity index (χ1v) is 10.9. The summed E-state index contributed by atoms with van der Waals surface area (Å²) in [5, 5.41) is 3.83. The summed E-state index contributed by atoms with van der Waals surface area (Å²) >= 11 is 0. The van der Waals surface area contributed by atoms with Gasteiger partial charge in [0.05, 0.1) is 16.9 Å². The second kappa shape index (κ2) is 9.53. The lowest BCUT2D eigenvalue weighted by Crippen LogP contribution is -2.15. The van der Waals surface area contributed by atoms with E-state index in [2.05, 4.69) is 10.1 Å². The van der Waals surface area contributed by atoms with Gasteiger partial charge in [-0.3, -0.25) is 4.68 Å². The number of hydrogen-bond donors (Lipinski definition) is 0. The second-order valence-electron chi connectivity index (χ2n) is 8.21. The maximum absolute atomic E-state index is 14.7. The molecule has 4 aromatic rings. The molecule has 0 saturated carbocycles. The number of rotatable bonds is 2. The molecule has 166 valence electrons. The first-order chi connectivity index (χ1) is 15.4. The fourth-order valence-electron chi connectivity index (χ4n) is 3.80. The molecule has 0 bridgehead atoms. The lowest BCUT2D eigenvalue weighted by molar-refractivity contribution is 0.0845. The van der Waals surface area contributed by atoms with Gasteiger partial charge < -0.3 is 4.74 Å². The van der Waals surface area contributed by atoms with Gasteiger partial charge in [-0.25, -0.2) is 19.3 Å². The van der Waals surface area contributed by atoms with Gasteiger partial charge in [0.1, 0.15) is 17.0 Å². The molecule has 3 aromatic heterocycles. The van der Waals surface area contributed by atoms with Crippen molar-refractivity contribution in [1.29, 1.82) is 0 Å². The highest BCUT2D eigenvalue weighted by Gasteiger charge is 2.22. The molecule has 0 amide bonds. The summed E-state index contributed by atoms with van der Waals surface area (Å²) in [7, 11) is 1.89. The number of ether oxygens (including phenoxy) is 1. The molecule has 6 nitrogen and oxygen atoms in total. The Morgan fingerprint density at radius 3 is 2.38 bits per heavy atom. The van der Waals surface area contributed by atoms with Crippen LogP contribution < -0.4 is 0 Å². The van der Waals surface area contributed by atoms with Crippen molar-refractivity contribution in [1.82, 2.24) is 24.7 Å². The Bertz CT molecular complexity index is 1220.